The lowest BCUT2D eigenvalue weighted by Crippen LogP contribution is -2.36. The van der Waals surface area contributed by atoms with Crippen LogP contribution in [0.15, 0.2) is 24.3 Å². The molecule has 0 aliphatic heterocycles. The van der Waals surface area contributed by atoms with Crippen LogP contribution in [0, 0.1) is 6.92 Å². The van der Waals surface area contributed by atoms with E-state index >= 15 is 0 Å². The number of ether oxygens (including phenoxy) is 2. The molecule has 0 bridgehead atoms. The van der Waals surface area contributed by atoms with E-state index in [4.69, 9.17) is 9.47 Å². The molecule has 0 fully saturated rings. The van der Waals surface area contributed by atoms with E-state index in [0.717, 1.165) is 11.1 Å². The molecule has 1 rings (SSSR count). The lowest BCUT2D eigenvalue weighted by atomic mass is 10.00. The van der Waals surface area contributed by atoms with E-state index in [1.807, 2.05) is 52.0 Å². The molecule has 5 nitrogen and oxygen atoms in total. The van der Waals surface area contributed by atoms with E-state index in [0.29, 0.717) is 6.42 Å². The molecule has 0 aliphatic carbocycles. The van der Waals surface area contributed by atoms with Crippen molar-refractivity contribution < 1.29 is 19.1 Å². The summed E-state index contributed by atoms with van der Waals surface area (Å²) < 4.78 is 10.5. The second kappa shape index (κ2) is 7.99. The fourth-order valence-corrected chi connectivity index (χ4v) is 2.19. The minimum atomic E-state index is -0.566. The number of nitrogens with one attached hydrogen (secondary N) is 1. The standard InChI is InChI=1S/C18H27NO4/c1-12-7-9-15(10-8-12)16(11-13(2)22-14(3)20)19-17(21)23-18(4,5)6/h7-10,13,16H,11H2,1-6H3,(H,19,21)/t13-,16+/m1/s1. The number of benzene rings is 1. The van der Waals surface area contributed by atoms with Crippen molar-refractivity contribution in [2.24, 2.45) is 0 Å². The normalized spacial score (nSPS) is 13.8. The molecule has 0 unspecified atom stereocenters. The van der Waals surface area contributed by atoms with Crippen LogP contribution >= 0.6 is 0 Å². The Hall–Kier alpha value is -2.04. The number of amides is 1. The molecule has 2 atom stereocenters. The summed E-state index contributed by atoms with van der Waals surface area (Å²) in [6.45, 7) is 10.6. The van der Waals surface area contributed by atoms with Crippen molar-refractivity contribution in [2.45, 2.75) is 65.7 Å². The molecule has 1 N–H and O–H groups in total. The highest BCUT2D eigenvalue weighted by molar-refractivity contribution is 5.68. The van der Waals surface area contributed by atoms with Gasteiger partial charge in [-0.15, -0.1) is 0 Å². The number of hydrogen-bond acceptors (Lipinski definition) is 4. The summed E-state index contributed by atoms with van der Waals surface area (Å²) in [5.41, 5.74) is 1.52. The van der Waals surface area contributed by atoms with Crippen LogP contribution < -0.4 is 5.32 Å². The highest BCUT2D eigenvalue weighted by Gasteiger charge is 2.23. The maximum absolute atomic E-state index is 12.1. The number of aryl methyl sites for hydroxylation is 1. The lowest BCUT2D eigenvalue weighted by molar-refractivity contribution is -0.145. The van der Waals surface area contributed by atoms with Crippen LogP contribution in [0.25, 0.3) is 0 Å². The molecule has 5 heteroatoms. The number of carbonyl (C=O) groups is 2. The molecular weight excluding hydrogens is 294 g/mol. The first-order chi connectivity index (χ1) is 10.6. The van der Waals surface area contributed by atoms with Crippen LogP contribution in [0.2, 0.25) is 0 Å². The predicted molar refractivity (Wildman–Crippen MR) is 89.1 cm³/mol. The molecule has 0 saturated carbocycles. The van der Waals surface area contributed by atoms with Gasteiger partial charge >= 0.3 is 12.1 Å². The van der Waals surface area contributed by atoms with E-state index < -0.39 is 11.7 Å². The molecule has 0 aromatic heterocycles. The summed E-state index contributed by atoms with van der Waals surface area (Å²) in [6.07, 6.45) is -0.325. The molecule has 0 heterocycles. The molecule has 1 aromatic rings. The highest BCUT2D eigenvalue weighted by atomic mass is 16.6. The summed E-state index contributed by atoms with van der Waals surface area (Å²) in [7, 11) is 0. The Bertz CT molecular complexity index is 531. The number of alkyl carbamates (subject to hydrolysis) is 1. The van der Waals surface area contributed by atoms with Crippen LogP contribution in [0.5, 0.6) is 0 Å². The fourth-order valence-electron chi connectivity index (χ4n) is 2.19. The van der Waals surface area contributed by atoms with Gasteiger partial charge in [-0.3, -0.25) is 4.79 Å². The van der Waals surface area contributed by atoms with Crippen LogP contribution in [0.1, 0.15) is 58.2 Å². The number of carbonyl (C=O) groups excluding carboxylic acids is 2. The fraction of sp³-hybridized carbons (Fsp3) is 0.556. The first kappa shape index (κ1) is 19.0. The Morgan fingerprint density at radius 2 is 1.74 bits per heavy atom. The topological polar surface area (TPSA) is 64.6 Å². The molecule has 0 radical (unpaired) electrons. The monoisotopic (exact) mass is 321 g/mol. The van der Waals surface area contributed by atoms with Crippen LogP contribution in [-0.2, 0) is 14.3 Å². The zero-order chi connectivity index (χ0) is 17.6. The molecule has 1 amide bonds. The van der Waals surface area contributed by atoms with Gasteiger partial charge in [0.1, 0.15) is 11.7 Å². The minimum Gasteiger partial charge on any atom is -0.463 e. The third-order valence-electron chi connectivity index (χ3n) is 3.11. The Kier molecular flexibility index (Phi) is 6.61. The predicted octanol–water partition coefficient (Wildman–Crippen LogP) is 3.90. The minimum absolute atomic E-state index is 0.292. The molecule has 0 spiro atoms. The van der Waals surface area contributed by atoms with Gasteiger partial charge in [-0.1, -0.05) is 29.8 Å². The average Bonchev–Trinajstić information content (AvgIpc) is 2.35. The second-order valence-corrected chi connectivity index (χ2v) is 6.77. The van der Waals surface area contributed by atoms with Crippen molar-refractivity contribution in [2.75, 3.05) is 0 Å². The molecule has 0 saturated heterocycles. The van der Waals surface area contributed by atoms with Gasteiger partial charge < -0.3 is 14.8 Å². The largest absolute Gasteiger partial charge is 0.463 e. The Morgan fingerprint density at radius 1 is 1.17 bits per heavy atom. The van der Waals surface area contributed by atoms with Gasteiger partial charge in [-0.25, -0.2) is 4.79 Å². The summed E-state index contributed by atoms with van der Waals surface area (Å²) in [5, 5.41) is 2.86. The Balaban J connectivity index is 2.85. The smallest absolute Gasteiger partial charge is 0.408 e. The lowest BCUT2D eigenvalue weighted by Gasteiger charge is -2.25. The first-order valence-electron chi connectivity index (χ1n) is 7.80. The summed E-state index contributed by atoms with van der Waals surface area (Å²) >= 11 is 0. The maximum atomic E-state index is 12.1. The van der Waals surface area contributed by atoms with E-state index in [2.05, 4.69) is 5.32 Å². The summed E-state index contributed by atoms with van der Waals surface area (Å²) in [6, 6.07) is 7.58. The molecule has 1 aromatic carbocycles. The van der Waals surface area contributed by atoms with Gasteiger partial charge in [0, 0.05) is 13.3 Å². The average molecular weight is 321 g/mol. The van der Waals surface area contributed by atoms with Crippen molar-refractivity contribution in [3.63, 3.8) is 0 Å². The molecule has 23 heavy (non-hydrogen) atoms. The molecule has 0 aliphatic rings. The first-order valence-corrected chi connectivity index (χ1v) is 7.80. The van der Waals surface area contributed by atoms with E-state index in [-0.39, 0.29) is 18.1 Å². The highest BCUT2D eigenvalue weighted by Crippen LogP contribution is 2.21. The zero-order valence-electron chi connectivity index (χ0n) is 14.8. The third kappa shape index (κ3) is 7.68. The quantitative estimate of drug-likeness (QED) is 0.835. The molecular formula is C18H27NO4. The van der Waals surface area contributed by atoms with Crippen molar-refractivity contribution in [3.8, 4) is 0 Å². The number of esters is 1. The second-order valence-electron chi connectivity index (χ2n) is 6.77. The number of hydrogen-bond donors (Lipinski definition) is 1. The molecule has 128 valence electrons. The van der Waals surface area contributed by atoms with Crippen molar-refractivity contribution in [1.29, 1.82) is 0 Å². The van der Waals surface area contributed by atoms with E-state index in [9.17, 15) is 9.59 Å². The SMILES string of the molecule is CC(=O)O[C@H](C)C[C@H](NC(=O)OC(C)(C)C)c1ccc(C)cc1. The van der Waals surface area contributed by atoms with Gasteiger partial charge in [-0.05, 0) is 40.2 Å². The summed E-state index contributed by atoms with van der Waals surface area (Å²) in [5.74, 6) is -0.336. The maximum Gasteiger partial charge on any atom is 0.408 e. The zero-order valence-corrected chi connectivity index (χ0v) is 14.8. The van der Waals surface area contributed by atoms with Gasteiger partial charge in [0.05, 0.1) is 6.04 Å². The Morgan fingerprint density at radius 3 is 2.22 bits per heavy atom. The van der Waals surface area contributed by atoms with Crippen molar-refractivity contribution in [1.82, 2.24) is 5.32 Å². The van der Waals surface area contributed by atoms with Crippen molar-refractivity contribution in [3.05, 3.63) is 35.4 Å². The number of rotatable bonds is 5. The van der Waals surface area contributed by atoms with Crippen molar-refractivity contribution >= 4 is 12.1 Å². The Labute approximate surface area is 138 Å². The van der Waals surface area contributed by atoms with Gasteiger partial charge in [0.15, 0.2) is 0 Å². The van der Waals surface area contributed by atoms with Crippen LogP contribution in [0.3, 0.4) is 0 Å². The van der Waals surface area contributed by atoms with Gasteiger partial charge in [-0.2, -0.15) is 0 Å². The van der Waals surface area contributed by atoms with Crippen LogP contribution in [-0.4, -0.2) is 23.8 Å². The van der Waals surface area contributed by atoms with E-state index in [1.54, 1.807) is 6.92 Å². The third-order valence-corrected chi connectivity index (χ3v) is 3.11. The van der Waals surface area contributed by atoms with Gasteiger partial charge in [0.2, 0.25) is 0 Å². The van der Waals surface area contributed by atoms with Gasteiger partial charge in [0.25, 0.3) is 0 Å². The van der Waals surface area contributed by atoms with Crippen LogP contribution in [0.4, 0.5) is 4.79 Å². The van der Waals surface area contributed by atoms with E-state index in [1.165, 1.54) is 6.92 Å². The summed E-state index contributed by atoms with van der Waals surface area (Å²) in [4.78, 5) is 23.2.